The molecule has 1 saturated heterocycles. The summed E-state index contributed by atoms with van der Waals surface area (Å²) in [6.45, 7) is 0.356. The van der Waals surface area contributed by atoms with Gasteiger partial charge in [0.2, 0.25) is 11.8 Å². The van der Waals surface area contributed by atoms with Crippen molar-refractivity contribution in [2.75, 3.05) is 6.54 Å². The van der Waals surface area contributed by atoms with E-state index >= 15 is 0 Å². The van der Waals surface area contributed by atoms with E-state index in [1.165, 1.54) is 0 Å². The van der Waals surface area contributed by atoms with E-state index in [2.05, 4.69) is 10.6 Å². The number of amides is 2. The van der Waals surface area contributed by atoms with Crippen LogP contribution in [0.3, 0.4) is 0 Å². The third kappa shape index (κ3) is 3.18. The number of aliphatic carboxylic acids is 1. The van der Waals surface area contributed by atoms with Crippen LogP contribution in [0.2, 0.25) is 0 Å². The van der Waals surface area contributed by atoms with E-state index in [1.54, 1.807) is 0 Å². The third-order valence-corrected chi connectivity index (χ3v) is 3.26. The molecule has 1 aliphatic heterocycles. The summed E-state index contributed by atoms with van der Waals surface area (Å²) in [5, 5.41) is 14.1. The van der Waals surface area contributed by atoms with Crippen LogP contribution in [0.1, 0.15) is 25.7 Å². The normalized spacial score (nSPS) is 25.2. The van der Waals surface area contributed by atoms with Gasteiger partial charge in [-0.1, -0.05) is 0 Å². The second-order valence-corrected chi connectivity index (χ2v) is 4.76. The molecule has 3 N–H and O–H groups in total. The van der Waals surface area contributed by atoms with E-state index in [0.717, 1.165) is 12.8 Å². The van der Waals surface area contributed by atoms with Crippen molar-refractivity contribution < 1.29 is 19.5 Å². The van der Waals surface area contributed by atoms with E-state index in [9.17, 15) is 14.4 Å². The smallest absolute Gasteiger partial charge is 0.305 e. The average Bonchev–Trinajstić information content (AvgIpc) is 2.99. The number of carbonyl (C=O) groups excluding carboxylic acids is 2. The molecule has 0 aromatic heterocycles. The zero-order valence-corrected chi connectivity index (χ0v) is 9.44. The van der Waals surface area contributed by atoms with Gasteiger partial charge in [-0.25, -0.2) is 0 Å². The SMILES string of the molecule is O=C(O)CC(NC(=O)C1CNC(=O)C1)C1CC1. The van der Waals surface area contributed by atoms with E-state index in [1.807, 2.05) is 0 Å². The minimum atomic E-state index is -0.900. The molecule has 0 bridgehead atoms. The molecule has 6 heteroatoms. The van der Waals surface area contributed by atoms with Crippen LogP contribution in [0.15, 0.2) is 0 Å². The van der Waals surface area contributed by atoms with Crippen molar-refractivity contribution >= 4 is 17.8 Å². The lowest BCUT2D eigenvalue weighted by Crippen LogP contribution is -2.42. The van der Waals surface area contributed by atoms with E-state index in [0.29, 0.717) is 12.5 Å². The Morgan fingerprint density at radius 1 is 1.47 bits per heavy atom. The highest BCUT2D eigenvalue weighted by Crippen LogP contribution is 2.34. The predicted octanol–water partition coefficient (Wildman–Crippen LogP) is -0.508. The molecule has 2 unspecified atom stereocenters. The first-order chi connectivity index (χ1) is 8.06. The molecule has 1 saturated carbocycles. The number of carbonyl (C=O) groups is 3. The monoisotopic (exact) mass is 240 g/mol. The summed E-state index contributed by atoms with van der Waals surface area (Å²) in [6, 6.07) is -0.282. The summed E-state index contributed by atoms with van der Waals surface area (Å²) in [7, 11) is 0. The minimum Gasteiger partial charge on any atom is -0.481 e. The second-order valence-electron chi connectivity index (χ2n) is 4.76. The highest BCUT2D eigenvalue weighted by molar-refractivity contribution is 5.89. The first-order valence-corrected chi connectivity index (χ1v) is 5.85. The van der Waals surface area contributed by atoms with E-state index in [-0.39, 0.29) is 36.6 Å². The molecule has 2 fully saturated rings. The van der Waals surface area contributed by atoms with Crippen LogP contribution in [0.4, 0.5) is 0 Å². The van der Waals surface area contributed by atoms with Gasteiger partial charge < -0.3 is 15.7 Å². The first kappa shape index (κ1) is 11.9. The Morgan fingerprint density at radius 3 is 2.65 bits per heavy atom. The predicted molar refractivity (Wildman–Crippen MR) is 58.0 cm³/mol. The van der Waals surface area contributed by atoms with Gasteiger partial charge in [0.25, 0.3) is 0 Å². The highest BCUT2D eigenvalue weighted by atomic mass is 16.4. The number of nitrogens with one attached hydrogen (secondary N) is 2. The molecule has 0 aromatic rings. The molecule has 0 aromatic carbocycles. The van der Waals surface area contributed by atoms with Gasteiger partial charge in [0.1, 0.15) is 0 Å². The standard InChI is InChI=1S/C11H16N2O4/c14-9-3-7(5-12-9)11(17)13-8(4-10(15)16)6-1-2-6/h6-8H,1-5H2,(H,12,14)(H,13,17)(H,15,16). The topological polar surface area (TPSA) is 95.5 Å². The fourth-order valence-electron chi connectivity index (χ4n) is 2.11. The Morgan fingerprint density at radius 2 is 2.18 bits per heavy atom. The third-order valence-electron chi connectivity index (χ3n) is 3.26. The minimum absolute atomic E-state index is 0.0372. The summed E-state index contributed by atoms with van der Waals surface area (Å²) < 4.78 is 0. The van der Waals surface area contributed by atoms with Crippen molar-refractivity contribution in [1.82, 2.24) is 10.6 Å². The van der Waals surface area contributed by atoms with Gasteiger partial charge in [0.15, 0.2) is 0 Å². The maximum atomic E-state index is 11.8. The van der Waals surface area contributed by atoms with Gasteiger partial charge in [-0.3, -0.25) is 14.4 Å². The molecule has 0 spiro atoms. The van der Waals surface area contributed by atoms with Gasteiger partial charge in [-0.2, -0.15) is 0 Å². The summed E-state index contributed by atoms with van der Waals surface area (Å²) in [4.78, 5) is 33.5. The Balaban J connectivity index is 1.86. The fourth-order valence-corrected chi connectivity index (χ4v) is 2.11. The maximum Gasteiger partial charge on any atom is 0.305 e. The molecule has 0 radical (unpaired) electrons. The average molecular weight is 240 g/mol. The molecule has 1 aliphatic carbocycles. The van der Waals surface area contributed by atoms with Crippen LogP contribution < -0.4 is 10.6 Å². The molecule has 94 valence electrons. The zero-order chi connectivity index (χ0) is 12.4. The van der Waals surface area contributed by atoms with Gasteiger partial charge in [0, 0.05) is 19.0 Å². The van der Waals surface area contributed by atoms with Crippen LogP contribution in [0.25, 0.3) is 0 Å². The molecule has 2 aliphatic rings. The Kier molecular flexibility index (Phi) is 3.31. The molecular formula is C11H16N2O4. The molecule has 2 atom stereocenters. The highest BCUT2D eigenvalue weighted by Gasteiger charge is 2.36. The van der Waals surface area contributed by atoms with Crippen LogP contribution in [-0.4, -0.2) is 35.5 Å². The zero-order valence-electron chi connectivity index (χ0n) is 9.44. The lowest BCUT2D eigenvalue weighted by molar-refractivity contribution is -0.138. The lowest BCUT2D eigenvalue weighted by atomic mass is 10.0. The van der Waals surface area contributed by atoms with Crippen molar-refractivity contribution in [1.29, 1.82) is 0 Å². The largest absolute Gasteiger partial charge is 0.481 e. The molecule has 17 heavy (non-hydrogen) atoms. The fraction of sp³-hybridized carbons (Fsp3) is 0.727. The number of rotatable bonds is 5. The Bertz CT molecular complexity index is 351. The Hall–Kier alpha value is -1.59. The summed E-state index contributed by atoms with van der Waals surface area (Å²) in [6.07, 6.45) is 2.11. The first-order valence-electron chi connectivity index (χ1n) is 5.85. The maximum absolute atomic E-state index is 11.8. The van der Waals surface area contributed by atoms with Crippen molar-refractivity contribution in [3.63, 3.8) is 0 Å². The van der Waals surface area contributed by atoms with Crippen LogP contribution in [0.5, 0.6) is 0 Å². The molecule has 6 nitrogen and oxygen atoms in total. The number of carboxylic acids is 1. The lowest BCUT2D eigenvalue weighted by Gasteiger charge is -2.18. The van der Waals surface area contributed by atoms with Crippen molar-refractivity contribution in [2.45, 2.75) is 31.7 Å². The van der Waals surface area contributed by atoms with Crippen molar-refractivity contribution in [3.8, 4) is 0 Å². The van der Waals surface area contributed by atoms with Crippen molar-refractivity contribution in [2.24, 2.45) is 11.8 Å². The van der Waals surface area contributed by atoms with Gasteiger partial charge in [-0.05, 0) is 18.8 Å². The number of hydrogen-bond acceptors (Lipinski definition) is 3. The molecule has 1 heterocycles. The van der Waals surface area contributed by atoms with Crippen molar-refractivity contribution in [3.05, 3.63) is 0 Å². The van der Waals surface area contributed by atoms with Crippen LogP contribution in [-0.2, 0) is 14.4 Å². The van der Waals surface area contributed by atoms with Crippen LogP contribution in [0, 0.1) is 11.8 Å². The van der Waals surface area contributed by atoms with Gasteiger partial charge in [0.05, 0.1) is 12.3 Å². The summed E-state index contributed by atoms with van der Waals surface area (Å²) in [5.74, 6) is -1.28. The molecule has 2 amide bonds. The van der Waals surface area contributed by atoms with E-state index in [4.69, 9.17) is 5.11 Å². The molecule has 2 rings (SSSR count). The summed E-state index contributed by atoms with van der Waals surface area (Å²) >= 11 is 0. The molecular weight excluding hydrogens is 224 g/mol. The second kappa shape index (κ2) is 4.73. The van der Waals surface area contributed by atoms with Gasteiger partial charge in [-0.15, -0.1) is 0 Å². The Labute approximate surface area is 98.8 Å². The quantitative estimate of drug-likeness (QED) is 0.603. The van der Waals surface area contributed by atoms with Gasteiger partial charge >= 0.3 is 5.97 Å². The number of hydrogen-bond donors (Lipinski definition) is 3. The number of carboxylic acid groups (broad SMARTS) is 1. The van der Waals surface area contributed by atoms with E-state index < -0.39 is 5.97 Å². The summed E-state index contributed by atoms with van der Waals surface area (Å²) in [5.41, 5.74) is 0. The van der Waals surface area contributed by atoms with Crippen LogP contribution >= 0.6 is 0 Å².